The average Bonchev–Trinajstić information content (AvgIpc) is 2.89. The number of halogens is 1. The van der Waals surface area contributed by atoms with E-state index in [4.69, 9.17) is 4.74 Å². The van der Waals surface area contributed by atoms with Crippen LogP contribution in [0.3, 0.4) is 0 Å². The van der Waals surface area contributed by atoms with Crippen molar-refractivity contribution < 1.29 is 19.0 Å². The Morgan fingerprint density at radius 1 is 1.45 bits per heavy atom. The van der Waals surface area contributed by atoms with Crippen LogP contribution in [-0.2, 0) is 11.2 Å². The van der Waals surface area contributed by atoms with Crippen molar-refractivity contribution in [1.29, 1.82) is 0 Å². The summed E-state index contributed by atoms with van der Waals surface area (Å²) in [6, 6.07) is 4.63. The van der Waals surface area contributed by atoms with E-state index in [-0.39, 0.29) is 11.7 Å². The van der Waals surface area contributed by atoms with Gasteiger partial charge in [0, 0.05) is 6.54 Å². The molecule has 1 saturated carbocycles. The molecule has 110 valence electrons. The monoisotopic (exact) mass is 281 g/mol. The molecule has 0 unspecified atom stereocenters. The third kappa shape index (κ3) is 3.28. The number of carbonyl (C=O) groups excluding carboxylic acids is 1. The number of benzene rings is 1. The van der Waals surface area contributed by atoms with Crippen LogP contribution in [-0.4, -0.2) is 30.3 Å². The van der Waals surface area contributed by atoms with Gasteiger partial charge in [0.05, 0.1) is 7.11 Å². The van der Waals surface area contributed by atoms with Crippen molar-refractivity contribution in [2.45, 2.75) is 37.7 Å². The summed E-state index contributed by atoms with van der Waals surface area (Å²) >= 11 is 0. The predicted octanol–water partition coefficient (Wildman–Crippen LogP) is 1.80. The van der Waals surface area contributed by atoms with Crippen molar-refractivity contribution in [2.24, 2.45) is 0 Å². The molecule has 4 nitrogen and oxygen atoms in total. The zero-order valence-electron chi connectivity index (χ0n) is 11.6. The minimum Gasteiger partial charge on any atom is -0.494 e. The number of hydrogen-bond donors (Lipinski definition) is 2. The zero-order valence-corrected chi connectivity index (χ0v) is 11.6. The highest BCUT2D eigenvalue weighted by atomic mass is 19.1. The molecule has 5 heteroatoms. The van der Waals surface area contributed by atoms with E-state index in [0.29, 0.717) is 25.8 Å². The Bertz CT molecular complexity index is 484. The molecule has 0 spiro atoms. The number of amides is 1. The summed E-state index contributed by atoms with van der Waals surface area (Å²) in [5.41, 5.74) is -0.317. The van der Waals surface area contributed by atoms with Gasteiger partial charge in [0.1, 0.15) is 5.60 Å². The summed E-state index contributed by atoms with van der Waals surface area (Å²) in [5, 5.41) is 12.8. The largest absolute Gasteiger partial charge is 0.494 e. The molecule has 1 amide bonds. The minimum absolute atomic E-state index is 0.197. The van der Waals surface area contributed by atoms with Crippen molar-refractivity contribution >= 4 is 5.91 Å². The lowest BCUT2D eigenvalue weighted by Gasteiger charge is -2.20. The lowest BCUT2D eigenvalue weighted by molar-refractivity contribution is -0.139. The quantitative estimate of drug-likeness (QED) is 0.865. The van der Waals surface area contributed by atoms with E-state index in [2.05, 4.69) is 5.32 Å². The maximum atomic E-state index is 13.2. The molecule has 0 saturated heterocycles. The second-order valence-electron chi connectivity index (χ2n) is 5.21. The molecule has 1 fully saturated rings. The fraction of sp³-hybridized carbons (Fsp3) is 0.533. The van der Waals surface area contributed by atoms with Gasteiger partial charge in [0.15, 0.2) is 11.6 Å². The van der Waals surface area contributed by atoms with Crippen molar-refractivity contribution in [3.8, 4) is 5.75 Å². The summed E-state index contributed by atoms with van der Waals surface area (Å²) < 4.78 is 18.2. The Morgan fingerprint density at radius 3 is 2.80 bits per heavy atom. The molecule has 20 heavy (non-hydrogen) atoms. The van der Waals surface area contributed by atoms with Crippen LogP contribution in [0.1, 0.15) is 31.2 Å². The Morgan fingerprint density at radius 2 is 2.15 bits per heavy atom. The second-order valence-corrected chi connectivity index (χ2v) is 5.21. The molecular weight excluding hydrogens is 261 g/mol. The van der Waals surface area contributed by atoms with E-state index in [1.54, 1.807) is 12.1 Å². The SMILES string of the molecule is COc1cc(CCNC(=O)C2(O)CCCC2)ccc1F. The number of nitrogens with one attached hydrogen (secondary N) is 1. The van der Waals surface area contributed by atoms with Gasteiger partial charge in [0.2, 0.25) is 0 Å². The number of carbonyl (C=O) groups is 1. The average molecular weight is 281 g/mol. The summed E-state index contributed by atoms with van der Waals surface area (Å²) in [4.78, 5) is 11.9. The van der Waals surface area contributed by atoms with E-state index < -0.39 is 11.4 Å². The van der Waals surface area contributed by atoms with E-state index in [1.807, 2.05) is 0 Å². The topological polar surface area (TPSA) is 58.6 Å². The fourth-order valence-electron chi connectivity index (χ4n) is 2.53. The molecule has 0 radical (unpaired) electrons. The van der Waals surface area contributed by atoms with Gasteiger partial charge in [-0.1, -0.05) is 6.07 Å². The number of rotatable bonds is 5. The normalized spacial score (nSPS) is 16.9. The molecule has 0 aromatic heterocycles. The Balaban J connectivity index is 1.85. The van der Waals surface area contributed by atoms with Gasteiger partial charge in [-0.3, -0.25) is 4.79 Å². The molecule has 1 aliphatic rings. The third-order valence-corrected chi connectivity index (χ3v) is 3.77. The number of hydrogen-bond acceptors (Lipinski definition) is 3. The molecule has 0 bridgehead atoms. The van der Waals surface area contributed by atoms with E-state index >= 15 is 0 Å². The van der Waals surface area contributed by atoms with Crippen molar-refractivity contribution in [3.05, 3.63) is 29.6 Å². The standard InChI is InChI=1S/C15H20FNO3/c1-20-13-10-11(4-5-12(13)16)6-9-17-14(18)15(19)7-2-3-8-15/h4-5,10,19H,2-3,6-9H2,1H3,(H,17,18). The van der Waals surface area contributed by atoms with Gasteiger partial charge in [-0.25, -0.2) is 4.39 Å². The maximum absolute atomic E-state index is 13.2. The van der Waals surface area contributed by atoms with Crippen LogP contribution in [0.2, 0.25) is 0 Å². The molecule has 0 atom stereocenters. The molecule has 2 rings (SSSR count). The van der Waals surface area contributed by atoms with Gasteiger partial charge in [-0.05, 0) is 49.8 Å². The number of methoxy groups -OCH3 is 1. The Kier molecular flexibility index (Phi) is 4.60. The van der Waals surface area contributed by atoms with Crippen LogP contribution >= 0.6 is 0 Å². The molecule has 1 aliphatic carbocycles. The first-order valence-corrected chi connectivity index (χ1v) is 6.88. The third-order valence-electron chi connectivity index (χ3n) is 3.77. The smallest absolute Gasteiger partial charge is 0.251 e. The van der Waals surface area contributed by atoms with Gasteiger partial charge in [-0.15, -0.1) is 0 Å². The number of aliphatic hydroxyl groups is 1. The molecule has 1 aromatic rings. The van der Waals surface area contributed by atoms with Crippen LogP contribution in [0.4, 0.5) is 4.39 Å². The summed E-state index contributed by atoms with van der Waals surface area (Å²) in [7, 11) is 1.42. The lowest BCUT2D eigenvalue weighted by Crippen LogP contribution is -2.45. The van der Waals surface area contributed by atoms with Crippen LogP contribution in [0.15, 0.2) is 18.2 Å². The summed E-state index contributed by atoms with van der Waals surface area (Å²) in [6.07, 6.45) is 3.41. The van der Waals surface area contributed by atoms with E-state index in [1.165, 1.54) is 13.2 Å². The highest BCUT2D eigenvalue weighted by Crippen LogP contribution is 2.29. The lowest BCUT2D eigenvalue weighted by atomic mass is 10.0. The van der Waals surface area contributed by atoms with E-state index in [9.17, 15) is 14.3 Å². The van der Waals surface area contributed by atoms with Gasteiger partial charge in [-0.2, -0.15) is 0 Å². The second kappa shape index (κ2) is 6.22. The van der Waals surface area contributed by atoms with Crippen molar-refractivity contribution in [2.75, 3.05) is 13.7 Å². The van der Waals surface area contributed by atoms with Gasteiger partial charge < -0.3 is 15.2 Å². The van der Waals surface area contributed by atoms with Gasteiger partial charge in [0.25, 0.3) is 5.91 Å². The fourth-order valence-corrected chi connectivity index (χ4v) is 2.53. The van der Waals surface area contributed by atoms with Crippen LogP contribution in [0.25, 0.3) is 0 Å². The predicted molar refractivity (Wildman–Crippen MR) is 73.1 cm³/mol. The molecule has 0 heterocycles. The summed E-state index contributed by atoms with van der Waals surface area (Å²) in [5.74, 6) is -0.507. The van der Waals surface area contributed by atoms with Crippen LogP contribution < -0.4 is 10.1 Å². The first-order chi connectivity index (χ1) is 9.55. The maximum Gasteiger partial charge on any atom is 0.251 e. The van der Waals surface area contributed by atoms with Crippen molar-refractivity contribution in [1.82, 2.24) is 5.32 Å². The Labute approximate surface area is 117 Å². The molecule has 0 aliphatic heterocycles. The highest BCUT2D eigenvalue weighted by Gasteiger charge is 2.38. The molecule has 1 aromatic carbocycles. The van der Waals surface area contributed by atoms with Crippen LogP contribution in [0, 0.1) is 5.82 Å². The first kappa shape index (κ1) is 14.8. The van der Waals surface area contributed by atoms with Crippen LogP contribution in [0.5, 0.6) is 5.75 Å². The first-order valence-electron chi connectivity index (χ1n) is 6.88. The number of ether oxygens (including phenoxy) is 1. The van der Waals surface area contributed by atoms with Gasteiger partial charge >= 0.3 is 0 Å². The highest BCUT2D eigenvalue weighted by molar-refractivity contribution is 5.85. The minimum atomic E-state index is -1.19. The molecular formula is C15H20FNO3. The zero-order chi connectivity index (χ0) is 14.6. The van der Waals surface area contributed by atoms with Crippen molar-refractivity contribution in [3.63, 3.8) is 0 Å². The molecule has 2 N–H and O–H groups in total. The van der Waals surface area contributed by atoms with E-state index in [0.717, 1.165) is 18.4 Å². The Hall–Kier alpha value is -1.62. The summed E-state index contributed by atoms with van der Waals surface area (Å²) in [6.45, 7) is 0.413.